The van der Waals surface area contributed by atoms with E-state index in [0.717, 1.165) is 16.8 Å². The van der Waals surface area contributed by atoms with Crippen molar-refractivity contribution in [1.82, 2.24) is 9.78 Å². The maximum Gasteiger partial charge on any atom is 0.436 e. The largest absolute Gasteiger partial charge is 0.506 e. The number of carbonyl (C=O) groups excluding carboxylic acids is 1. The summed E-state index contributed by atoms with van der Waals surface area (Å²) in [5, 5.41) is 12.6. The van der Waals surface area contributed by atoms with Crippen LogP contribution in [0.2, 0.25) is 10.0 Å². The quantitative estimate of drug-likeness (QED) is 0.844. The van der Waals surface area contributed by atoms with Gasteiger partial charge in [-0.15, -0.1) is 0 Å². The molecule has 5 nitrogen and oxygen atoms in total. The second-order valence-electron chi connectivity index (χ2n) is 4.14. The molecule has 118 valence electrons. The molecule has 0 spiro atoms. The molecule has 0 atom stereocenters. The van der Waals surface area contributed by atoms with Crippen LogP contribution in [0.1, 0.15) is 16.1 Å². The number of hydrogen-bond acceptors (Lipinski definition) is 4. The second-order valence-corrected chi connectivity index (χ2v) is 4.96. The number of ether oxygens (including phenoxy) is 1. The van der Waals surface area contributed by atoms with Crippen LogP contribution in [0, 0.1) is 0 Å². The minimum absolute atomic E-state index is 0.0190. The molecule has 22 heavy (non-hydrogen) atoms. The number of phenolic OH excluding ortho intramolecular Hbond substituents is 1. The Hall–Kier alpha value is -1.93. The lowest BCUT2D eigenvalue weighted by atomic mass is 10.2. The summed E-state index contributed by atoms with van der Waals surface area (Å²) in [5.74, 6) is -1.03. The van der Waals surface area contributed by atoms with Crippen molar-refractivity contribution in [3.05, 3.63) is 33.4 Å². The van der Waals surface area contributed by atoms with Crippen molar-refractivity contribution >= 4 is 29.5 Å². The topological polar surface area (TPSA) is 64.4 Å². The molecule has 0 radical (unpaired) electrons. The molecule has 1 heterocycles. The van der Waals surface area contributed by atoms with Crippen molar-refractivity contribution in [3.8, 4) is 17.4 Å². The fourth-order valence-corrected chi connectivity index (χ4v) is 2.08. The van der Waals surface area contributed by atoms with Gasteiger partial charge in [0.15, 0.2) is 17.7 Å². The van der Waals surface area contributed by atoms with Gasteiger partial charge in [0.2, 0.25) is 5.88 Å². The van der Waals surface area contributed by atoms with Crippen molar-refractivity contribution in [2.45, 2.75) is 6.18 Å². The molecule has 2 aromatic rings. The summed E-state index contributed by atoms with van der Waals surface area (Å²) in [5.41, 5.74) is -2.16. The third kappa shape index (κ3) is 2.97. The predicted octanol–water partition coefficient (Wildman–Crippen LogP) is 4.06. The molecule has 0 bridgehead atoms. The number of halogens is 5. The molecule has 0 aliphatic rings. The van der Waals surface area contributed by atoms with Crippen LogP contribution < -0.4 is 4.74 Å². The summed E-state index contributed by atoms with van der Waals surface area (Å²) in [6.45, 7) is 0. The van der Waals surface area contributed by atoms with E-state index in [4.69, 9.17) is 27.9 Å². The van der Waals surface area contributed by atoms with E-state index in [0.29, 0.717) is 0 Å². The zero-order chi connectivity index (χ0) is 16.7. The number of nitrogens with zero attached hydrogens (tertiary/aromatic N) is 2. The number of aryl methyl sites for hydroxylation is 1. The molecular formula is C12H7Cl2F3N2O3. The zero-order valence-electron chi connectivity index (χ0n) is 10.8. The van der Waals surface area contributed by atoms with E-state index in [1.807, 2.05) is 0 Å². The molecule has 0 fully saturated rings. The third-order valence-electron chi connectivity index (χ3n) is 2.62. The Balaban J connectivity index is 2.53. The lowest BCUT2D eigenvalue weighted by Gasteiger charge is -2.09. The van der Waals surface area contributed by atoms with Gasteiger partial charge in [-0.05, 0) is 6.07 Å². The number of hydrogen-bond donors (Lipinski definition) is 1. The van der Waals surface area contributed by atoms with E-state index < -0.39 is 23.3 Å². The Morgan fingerprint density at radius 1 is 1.32 bits per heavy atom. The minimum Gasteiger partial charge on any atom is -0.506 e. The van der Waals surface area contributed by atoms with Gasteiger partial charge in [-0.2, -0.15) is 18.3 Å². The summed E-state index contributed by atoms with van der Waals surface area (Å²) in [6.07, 6.45) is -4.84. The Morgan fingerprint density at radius 3 is 2.50 bits per heavy atom. The fourth-order valence-electron chi connectivity index (χ4n) is 1.66. The van der Waals surface area contributed by atoms with Crippen molar-refractivity contribution in [1.29, 1.82) is 0 Å². The molecule has 1 aromatic heterocycles. The van der Waals surface area contributed by atoms with Gasteiger partial charge in [0, 0.05) is 13.1 Å². The summed E-state index contributed by atoms with van der Waals surface area (Å²) in [4.78, 5) is 11.0. The van der Waals surface area contributed by atoms with E-state index in [2.05, 4.69) is 5.10 Å². The molecule has 1 aromatic carbocycles. The van der Waals surface area contributed by atoms with E-state index in [1.165, 1.54) is 7.05 Å². The van der Waals surface area contributed by atoms with Gasteiger partial charge in [0.05, 0.1) is 10.0 Å². The van der Waals surface area contributed by atoms with Crippen LogP contribution in [-0.4, -0.2) is 21.2 Å². The zero-order valence-corrected chi connectivity index (χ0v) is 12.3. The fraction of sp³-hybridized carbons (Fsp3) is 0.167. The van der Waals surface area contributed by atoms with Crippen LogP contribution in [0.5, 0.6) is 17.4 Å². The predicted molar refractivity (Wildman–Crippen MR) is 71.8 cm³/mol. The highest BCUT2D eigenvalue weighted by Gasteiger charge is 2.39. The SMILES string of the molecule is Cn1nc(C(F)(F)F)c(C=O)c1Oc1cc(O)c(Cl)cc1Cl. The average Bonchev–Trinajstić information content (AvgIpc) is 2.72. The average molecular weight is 355 g/mol. The molecule has 0 aliphatic carbocycles. The van der Waals surface area contributed by atoms with Crippen LogP contribution in [0.4, 0.5) is 13.2 Å². The van der Waals surface area contributed by atoms with Gasteiger partial charge < -0.3 is 9.84 Å². The van der Waals surface area contributed by atoms with Crippen molar-refractivity contribution in [2.75, 3.05) is 0 Å². The molecule has 0 amide bonds. The van der Waals surface area contributed by atoms with Gasteiger partial charge in [0.25, 0.3) is 0 Å². The molecular weight excluding hydrogens is 348 g/mol. The molecule has 10 heteroatoms. The van der Waals surface area contributed by atoms with Gasteiger partial charge in [-0.1, -0.05) is 23.2 Å². The smallest absolute Gasteiger partial charge is 0.436 e. The molecule has 0 saturated heterocycles. The number of carbonyl (C=O) groups is 1. The molecule has 0 saturated carbocycles. The Morgan fingerprint density at radius 2 is 1.95 bits per heavy atom. The number of phenols is 1. The molecule has 1 N–H and O–H groups in total. The Kier molecular flexibility index (Phi) is 4.25. The van der Waals surface area contributed by atoms with Gasteiger partial charge in [-0.25, -0.2) is 4.68 Å². The van der Waals surface area contributed by atoms with Crippen molar-refractivity contribution in [3.63, 3.8) is 0 Å². The maximum atomic E-state index is 12.8. The minimum atomic E-state index is -4.82. The molecule has 2 rings (SSSR count). The van der Waals surface area contributed by atoms with E-state index >= 15 is 0 Å². The highest BCUT2D eigenvalue weighted by atomic mass is 35.5. The first kappa shape index (κ1) is 16.4. The summed E-state index contributed by atoms with van der Waals surface area (Å²) >= 11 is 11.5. The lowest BCUT2D eigenvalue weighted by molar-refractivity contribution is -0.141. The monoisotopic (exact) mass is 354 g/mol. The first-order chi connectivity index (χ1) is 10.1. The van der Waals surface area contributed by atoms with E-state index in [-0.39, 0.29) is 27.8 Å². The first-order valence-electron chi connectivity index (χ1n) is 5.60. The standard InChI is InChI=1S/C12H7Cl2F3N2O3/c1-19-11(5(4-20)10(18-19)12(15,16)17)22-9-3-8(21)6(13)2-7(9)14/h2-4,21H,1H3. The van der Waals surface area contributed by atoms with Crippen molar-refractivity contribution < 1.29 is 27.8 Å². The van der Waals surface area contributed by atoms with Gasteiger partial charge in [-0.3, -0.25) is 4.79 Å². The number of rotatable bonds is 3. The van der Waals surface area contributed by atoms with Gasteiger partial charge in [0.1, 0.15) is 11.3 Å². The van der Waals surface area contributed by atoms with Crippen LogP contribution in [-0.2, 0) is 13.2 Å². The second kappa shape index (κ2) is 5.69. The number of aldehydes is 1. The van der Waals surface area contributed by atoms with Crippen LogP contribution >= 0.6 is 23.2 Å². The summed E-state index contributed by atoms with van der Waals surface area (Å²) < 4.78 is 44.3. The molecule has 0 aliphatic heterocycles. The lowest BCUT2D eigenvalue weighted by Crippen LogP contribution is -2.09. The number of benzene rings is 1. The third-order valence-corrected chi connectivity index (χ3v) is 3.22. The highest BCUT2D eigenvalue weighted by Crippen LogP contribution is 2.40. The van der Waals surface area contributed by atoms with Crippen LogP contribution in [0.15, 0.2) is 12.1 Å². The number of aromatic hydroxyl groups is 1. The normalized spacial score (nSPS) is 11.5. The van der Waals surface area contributed by atoms with E-state index in [9.17, 15) is 23.1 Å². The first-order valence-corrected chi connectivity index (χ1v) is 6.36. The number of alkyl halides is 3. The Labute approximate surface area is 131 Å². The summed E-state index contributed by atoms with van der Waals surface area (Å²) in [7, 11) is 1.17. The maximum absolute atomic E-state index is 12.8. The van der Waals surface area contributed by atoms with Crippen molar-refractivity contribution in [2.24, 2.45) is 7.05 Å². The Bertz CT molecular complexity index is 744. The summed E-state index contributed by atoms with van der Waals surface area (Å²) in [6, 6.07) is 2.16. The van der Waals surface area contributed by atoms with E-state index in [1.54, 1.807) is 0 Å². The van der Waals surface area contributed by atoms with Crippen LogP contribution in [0.25, 0.3) is 0 Å². The number of aromatic nitrogens is 2. The van der Waals surface area contributed by atoms with Gasteiger partial charge >= 0.3 is 6.18 Å². The molecule has 0 unspecified atom stereocenters. The van der Waals surface area contributed by atoms with Crippen LogP contribution in [0.3, 0.4) is 0 Å². The highest BCUT2D eigenvalue weighted by molar-refractivity contribution is 6.36.